The number of nitrogens with one attached hydrogen (secondary N) is 3. The minimum Gasteiger partial charge on any atom is -0.385 e. The van der Waals surface area contributed by atoms with Gasteiger partial charge >= 0.3 is 5.69 Å². The molecule has 2 fully saturated rings. The summed E-state index contributed by atoms with van der Waals surface area (Å²) in [6.45, 7) is 5.10. The molecule has 4 aliphatic heterocycles. The lowest BCUT2D eigenvalue weighted by Gasteiger charge is -2.42. The number of aryl methyl sites for hydroxylation is 3. The average molecular weight is 898 g/mol. The number of hydrogen-bond acceptors (Lipinski definition) is 10. The zero-order chi connectivity index (χ0) is 45.9. The number of amides is 4. The van der Waals surface area contributed by atoms with E-state index in [2.05, 4.69) is 21.0 Å². The maximum Gasteiger partial charge on any atom is 0.329 e. The Morgan fingerprint density at radius 3 is 2.43 bits per heavy atom. The van der Waals surface area contributed by atoms with Gasteiger partial charge in [-0.15, -0.1) is 0 Å². The molecule has 0 radical (unpaired) electrons. The number of anilines is 2. The van der Waals surface area contributed by atoms with Crippen molar-refractivity contribution in [3.05, 3.63) is 75.6 Å². The Bertz CT molecular complexity index is 2540. The average Bonchev–Trinajstić information content (AvgIpc) is 3.84. The lowest BCUT2D eigenvalue weighted by atomic mass is 9.91. The summed E-state index contributed by atoms with van der Waals surface area (Å²) < 4.78 is 33.8. The molecule has 0 aliphatic carbocycles. The van der Waals surface area contributed by atoms with Crippen LogP contribution in [0.5, 0.6) is 0 Å². The fourth-order valence-corrected chi connectivity index (χ4v) is 10.0. The lowest BCUT2D eigenvalue weighted by Crippen LogP contribution is -2.53. The Labute approximate surface area is 377 Å². The van der Waals surface area contributed by atoms with Gasteiger partial charge in [0, 0.05) is 126 Å². The summed E-state index contributed by atoms with van der Waals surface area (Å²) in [5.41, 5.74) is 13.6. The van der Waals surface area contributed by atoms with Crippen LogP contribution in [0.15, 0.2) is 58.8 Å². The Morgan fingerprint density at radius 2 is 1.71 bits per heavy atom. The minimum atomic E-state index is -2.69. The number of nitrogens with zero attached hydrogens (tertiary/aromatic N) is 7. The first-order valence-corrected chi connectivity index (χ1v) is 23.0. The molecule has 348 valence electrons. The first-order valence-electron chi connectivity index (χ1n) is 23.0. The smallest absolute Gasteiger partial charge is 0.329 e. The Hall–Kier alpha value is -6.04. The van der Waals surface area contributed by atoms with Crippen molar-refractivity contribution < 1.29 is 28.0 Å². The number of rotatable bonds is 15. The van der Waals surface area contributed by atoms with Crippen LogP contribution in [0, 0.1) is 0 Å². The number of unbranched alkanes of at least 4 members (excludes halogenated alkanes) is 3. The maximum absolute atomic E-state index is 14.6. The molecular formula is C47H61F2N11O5. The number of carbonyl (C=O) groups excluding carboxylic acids is 4. The molecule has 18 heteroatoms. The molecule has 8 rings (SSSR count). The zero-order valence-corrected chi connectivity index (χ0v) is 37.6. The number of piperidine rings is 2. The van der Waals surface area contributed by atoms with Crippen LogP contribution in [0.4, 0.5) is 20.2 Å². The molecule has 4 amide bonds. The van der Waals surface area contributed by atoms with Gasteiger partial charge in [0.2, 0.25) is 23.6 Å². The van der Waals surface area contributed by atoms with E-state index in [0.29, 0.717) is 73.4 Å². The van der Waals surface area contributed by atoms with E-state index in [9.17, 15) is 32.8 Å². The van der Waals surface area contributed by atoms with Gasteiger partial charge in [-0.05, 0) is 86.4 Å². The van der Waals surface area contributed by atoms with Gasteiger partial charge in [-0.1, -0.05) is 12.8 Å². The number of alkyl halides is 2. The molecule has 65 heavy (non-hydrogen) atoms. The fourth-order valence-electron chi connectivity index (χ4n) is 10.0. The number of carbonyl (C=O) groups is 4. The third kappa shape index (κ3) is 9.82. The Morgan fingerprint density at radius 1 is 0.923 bits per heavy atom. The van der Waals surface area contributed by atoms with Gasteiger partial charge < -0.3 is 31.1 Å². The van der Waals surface area contributed by atoms with Gasteiger partial charge in [0.25, 0.3) is 6.43 Å². The number of fused-ring (bicyclic) bond motifs is 2. The summed E-state index contributed by atoms with van der Waals surface area (Å²) >= 11 is 0. The number of imidazole rings is 1. The predicted octanol–water partition coefficient (Wildman–Crippen LogP) is 4.84. The van der Waals surface area contributed by atoms with Crippen molar-refractivity contribution in [3.8, 4) is 11.1 Å². The number of aromatic nitrogens is 4. The summed E-state index contributed by atoms with van der Waals surface area (Å²) in [6, 6.07) is 8.50. The van der Waals surface area contributed by atoms with Crippen LogP contribution in [-0.4, -0.2) is 104 Å². The summed E-state index contributed by atoms with van der Waals surface area (Å²) in [5.74, 6) is -0.652. The van der Waals surface area contributed by atoms with E-state index in [-0.39, 0.29) is 47.9 Å². The van der Waals surface area contributed by atoms with E-state index < -0.39 is 24.5 Å². The summed E-state index contributed by atoms with van der Waals surface area (Å²) in [6.07, 6.45) is 8.36. The van der Waals surface area contributed by atoms with Crippen molar-refractivity contribution in [2.24, 2.45) is 19.8 Å². The highest BCUT2D eigenvalue weighted by molar-refractivity contribution is 6.00. The fraction of sp³-hybridized carbons (Fsp3) is 0.532. The van der Waals surface area contributed by atoms with Crippen molar-refractivity contribution in [2.45, 2.75) is 109 Å². The molecule has 0 bridgehead atoms. The van der Waals surface area contributed by atoms with Gasteiger partial charge in [-0.3, -0.25) is 38.3 Å². The van der Waals surface area contributed by atoms with Crippen LogP contribution >= 0.6 is 0 Å². The third-order valence-electron chi connectivity index (χ3n) is 13.7. The predicted molar refractivity (Wildman–Crippen MR) is 244 cm³/mol. The number of benzene rings is 2. The molecule has 2 aromatic carbocycles. The molecule has 4 aromatic rings. The van der Waals surface area contributed by atoms with Crippen LogP contribution in [0.25, 0.3) is 22.2 Å². The van der Waals surface area contributed by atoms with Crippen molar-refractivity contribution in [3.63, 3.8) is 0 Å². The molecule has 2 aromatic heterocycles. The van der Waals surface area contributed by atoms with Crippen molar-refractivity contribution >= 4 is 46.0 Å². The van der Waals surface area contributed by atoms with Crippen molar-refractivity contribution in [2.75, 3.05) is 49.5 Å². The third-order valence-corrected chi connectivity index (χ3v) is 13.7. The molecule has 5 N–H and O–H groups in total. The van der Waals surface area contributed by atoms with E-state index >= 15 is 0 Å². The first-order chi connectivity index (χ1) is 31.3. The molecule has 2 atom stereocenters. The number of imide groups is 1. The van der Waals surface area contributed by atoms with Gasteiger partial charge in [0.15, 0.2) is 0 Å². The van der Waals surface area contributed by atoms with Crippen molar-refractivity contribution in [1.82, 2.24) is 39.3 Å². The Kier molecular flexibility index (Phi) is 13.7. The van der Waals surface area contributed by atoms with Crippen molar-refractivity contribution in [1.29, 1.82) is 0 Å². The highest BCUT2D eigenvalue weighted by atomic mass is 19.3. The molecule has 6 heterocycles. The lowest BCUT2D eigenvalue weighted by molar-refractivity contribution is -0.136. The van der Waals surface area contributed by atoms with E-state index in [1.807, 2.05) is 34.1 Å². The summed E-state index contributed by atoms with van der Waals surface area (Å²) in [4.78, 5) is 68.9. The molecular weight excluding hydrogens is 837 g/mol. The van der Waals surface area contributed by atoms with E-state index in [1.165, 1.54) is 9.13 Å². The van der Waals surface area contributed by atoms with Crippen LogP contribution in [0.2, 0.25) is 0 Å². The standard InChI is InChI=1S/C47H61F2N11O5/c1-29(61)58-22-17-37(36(28-58)45(50)59-19-8-9-30-23-34(31-26-52-55(2)27-31)35(44(48)49)25-40(30)59)53-32-15-20-57(21-16-32)43(63)10-6-4-5-7-18-51-33-11-12-38-41(24-33)56(3)47(65)60(38)39-13-14-42(62)54-46(39)64/h11-12,23-27,32,39,44-45,51,53H,4-10,13-22,28,50H2,1-3H3,(H,54,62,64). The normalized spacial score (nSPS) is 18.9. The molecule has 2 unspecified atom stereocenters. The SMILES string of the molecule is CC(=O)N1CCC(NC2CCN(C(=O)CCCCCCNc3ccc4c(c3)n(C)c(=O)n4C3CCC(=O)NC3=O)CC2)=C(C(N)N2CCCc3cc(-c4cnn(C)c4)c(C(F)F)cc32)C1. The summed E-state index contributed by atoms with van der Waals surface area (Å²) in [7, 11) is 3.44. The molecule has 2 saturated heterocycles. The van der Waals surface area contributed by atoms with Gasteiger partial charge in [0.05, 0.1) is 17.2 Å². The quantitative estimate of drug-likeness (QED) is 0.0952. The number of hydrogen-bond donors (Lipinski definition) is 4. The van der Waals surface area contributed by atoms with Crippen LogP contribution in [0.3, 0.4) is 0 Å². The van der Waals surface area contributed by atoms with Gasteiger partial charge in [-0.25, -0.2) is 13.6 Å². The number of likely N-dealkylation sites (tertiary alicyclic amines) is 1. The second-order valence-electron chi connectivity index (χ2n) is 18.0. The van der Waals surface area contributed by atoms with E-state index in [0.717, 1.165) is 80.4 Å². The van der Waals surface area contributed by atoms with Crippen LogP contribution in [0.1, 0.15) is 101 Å². The van der Waals surface area contributed by atoms with Crippen LogP contribution < -0.4 is 32.3 Å². The van der Waals surface area contributed by atoms with E-state index in [4.69, 9.17) is 5.73 Å². The topological polar surface area (TPSA) is 185 Å². The monoisotopic (exact) mass is 897 g/mol. The largest absolute Gasteiger partial charge is 0.385 e. The molecule has 0 saturated carbocycles. The second-order valence-corrected chi connectivity index (χ2v) is 18.0. The van der Waals surface area contributed by atoms with Gasteiger partial charge in [-0.2, -0.15) is 5.10 Å². The number of nitrogens with two attached hydrogens (primary N) is 1. The van der Waals surface area contributed by atoms with E-state index in [1.54, 1.807) is 49.1 Å². The minimum absolute atomic E-state index is 0.0389. The Balaban J connectivity index is 0.813. The second kappa shape index (κ2) is 19.6. The number of halogens is 2. The highest BCUT2D eigenvalue weighted by Gasteiger charge is 2.34. The first kappa shape index (κ1) is 45.5. The van der Waals surface area contributed by atoms with Gasteiger partial charge in [0.1, 0.15) is 12.2 Å². The zero-order valence-electron chi connectivity index (χ0n) is 37.6. The highest BCUT2D eigenvalue weighted by Crippen LogP contribution is 2.40. The molecule has 4 aliphatic rings. The molecule has 0 spiro atoms. The van der Waals surface area contributed by atoms with Crippen LogP contribution in [-0.2, 0) is 39.7 Å². The molecule has 16 nitrogen and oxygen atoms in total. The maximum atomic E-state index is 14.6. The summed E-state index contributed by atoms with van der Waals surface area (Å²) in [5, 5.41) is 13.8.